The molecule has 0 aromatic carbocycles. The van der Waals surface area contributed by atoms with Gasteiger partial charge in [0.1, 0.15) is 0 Å². The minimum absolute atomic E-state index is 0.559. The molecule has 1 aliphatic rings. The monoisotopic (exact) mass is 246 g/mol. The molecule has 0 spiro atoms. The minimum Gasteiger partial charge on any atom is -0.103 e. The van der Waals surface area contributed by atoms with Crippen LogP contribution in [0.15, 0.2) is 12.7 Å². The van der Waals surface area contributed by atoms with Crippen LogP contribution in [-0.2, 0) is 0 Å². The van der Waals surface area contributed by atoms with E-state index in [2.05, 4.69) is 42.1 Å². The summed E-state index contributed by atoms with van der Waals surface area (Å²) in [4.78, 5) is 0. The smallest absolute Gasteiger partial charge is 0.0638 e. The van der Waals surface area contributed by atoms with Crippen LogP contribution in [0.4, 0.5) is 0 Å². The molecule has 0 aliphatic heterocycles. The van der Waals surface area contributed by atoms with Crippen molar-refractivity contribution in [3.05, 3.63) is 12.7 Å². The number of allylic oxidation sites excluding steroid dienone is 1. The van der Waals surface area contributed by atoms with Crippen LogP contribution in [0.25, 0.3) is 0 Å². The molecule has 1 rings (SSSR count). The molecule has 0 saturated heterocycles. The number of halogens is 1. The molecular weight excluding hydrogens is 228 g/mol. The summed E-state index contributed by atoms with van der Waals surface area (Å²) in [6.45, 7) is 11.1. The third-order valence-corrected chi connectivity index (χ3v) is 10.6. The maximum absolute atomic E-state index is 3.93. The van der Waals surface area contributed by atoms with Gasteiger partial charge in [0.2, 0.25) is 0 Å². The lowest BCUT2D eigenvalue weighted by Crippen LogP contribution is -2.37. The normalized spacial score (nSPS) is 34.8. The summed E-state index contributed by atoms with van der Waals surface area (Å²) in [5.41, 5.74) is 0. The van der Waals surface area contributed by atoms with Crippen LogP contribution in [0.3, 0.4) is 0 Å². The van der Waals surface area contributed by atoms with E-state index in [0.29, 0.717) is 3.95 Å². The highest BCUT2D eigenvalue weighted by Gasteiger charge is 2.59. The van der Waals surface area contributed by atoms with Crippen LogP contribution < -0.4 is 0 Å². The molecule has 0 aromatic rings. The second-order valence-corrected chi connectivity index (χ2v) is 12.4. The summed E-state index contributed by atoms with van der Waals surface area (Å²) in [5, 5.41) is 0. The molecule has 0 radical (unpaired) electrons. The second kappa shape index (κ2) is 3.30. The van der Waals surface area contributed by atoms with E-state index in [9.17, 15) is 0 Å². The van der Waals surface area contributed by atoms with Gasteiger partial charge in [0.15, 0.2) is 0 Å². The first-order valence-electron chi connectivity index (χ1n) is 4.71. The van der Waals surface area contributed by atoms with E-state index in [1.807, 2.05) is 6.08 Å². The van der Waals surface area contributed by atoms with Crippen molar-refractivity contribution in [3.8, 4) is 0 Å². The summed E-state index contributed by atoms with van der Waals surface area (Å²) >= 11 is 3.93. The van der Waals surface area contributed by atoms with E-state index in [1.54, 1.807) is 0 Å². The lowest BCUT2D eigenvalue weighted by Gasteiger charge is -2.24. The highest BCUT2D eigenvalue weighted by atomic mass is 79.9. The van der Waals surface area contributed by atoms with Crippen LogP contribution in [-0.4, -0.2) is 12.0 Å². The fourth-order valence-electron chi connectivity index (χ4n) is 1.87. The molecule has 0 N–H and O–H groups in total. The molecule has 0 bridgehead atoms. The molecule has 1 saturated carbocycles. The highest BCUT2D eigenvalue weighted by molar-refractivity contribution is 9.10. The molecule has 12 heavy (non-hydrogen) atoms. The fraction of sp³-hybridized carbons (Fsp3) is 0.800. The average Bonchev–Trinajstić information content (AvgIpc) is 2.58. The average molecular weight is 247 g/mol. The molecule has 0 amide bonds. The quantitative estimate of drug-likeness (QED) is 0.400. The Morgan fingerprint density at radius 2 is 2.17 bits per heavy atom. The molecule has 0 nitrogen and oxygen atoms in total. The Labute approximate surface area is 85.6 Å². The van der Waals surface area contributed by atoms with Gasteiger partial charge in [-0.25, -0.2) is 0 Å². The summed E-state index contributed by atoms with van der Waals surface area (Å²) in [6.07, 6.45) is 5.95. The molecule has 0 heterocycles. The first-order valence-corrected chi connectivity index (χ1v) is 9.01. The zero-order valence-electron chi connectivity index (χ0n) is 8.36. The Balaban J connectivity index is 2.43. The van der Waals surface area contributed by atoms with E-state index in [4.69, 9.17) is 0 Å². The summed E-state index contributed by atoms with van der Waals surface area (Å²) < 4.78 is 0.559. The van der Waals surface area contributed by atoms with Gasteiger partial charge >= 0.3 is 0 Å². The molecule has 70 valence electrons. The molecule has 2 unspecified atom stereocenters. The minimum atomic E-state index is -0.978. The summed E-state index contributed by atoms with van der Waals surface area (Å²) in [5.74, 6) is 0.933. The van der Waals surface area contributed by atoms with Crippen LogP contribution >= 0.6 is 15.9 Å². The first kappa shape index (κ1) is 10.5. The van der Waals surface area contributed by atoms with E-state index < -0.39 is 8.07 Å². The van der Waals surface area contributed by atoms with Gasteiger partial charge in [-0.15, -0.1) is 6.58 Å². The number of hydrogen-bond acceptors (Lipinski definition) is 0. The molecule has 2 heteroatoms. The Morgan fingerprint density at radius 1 is 1.58 bits per heavy atom. The van der Waals surface area contributed by atoms with Crippen molar-refractivity contribution in [1.82, 2.24) is 0 Å². The first-order chi connectivity index (χ1) is 5.42. The van der Waals surface area contributed by atoms with Gasteiger partial charge in [-0.2, -0.15) is 0 Å². The zero-order chi connectivity index (χ0) is 9.41. The van der Waals surface area contributed by atoms with Crippen LogP contribution in [0.1, 0.15) is 19.3 Å². The van der Waals surface area contributed by atoms with Gasteiger partial charge in [0.25, 0.3) is 0 Å². The van der Waals surface area contributed by atoms with Gasteiger partial charge in [-0.05, 0) is 25.2 Å². The van der Waals surface area contributed by atoms with E-state index in [-0.39, 0.29) is 0 Å². The van der Waals surface area contributed by atoms with Gasteiger partial charge in [-0.3, -0.25) is 0 Å². The van der Waals surface area contributed by atoms with Crippen LogP contribution in [0, 0.1) is 5.92 Å². The van der Waals surface area contributed by atoms with Crippen molar-refractivity contribution in [3.63, 3.8) is 0 Å². The van der Waals surface area contributed by atoms with E-state index in [0.717, 1.165) is 5.92 Å². The number of rotatable bonds is 4. The van der Waals surface area contributed by atoms with Gasteiger partial charge in [-0.1, -0.05) is 41.6 Å². The topological polar surface area (TPSA) is 0 Å². The lowest BCUT2D eigenvalue weighted by atomic mass is 10.2. The van der Waals surface area contributed by atoms with Crippen LogP contribution in [0.2, 0.25) is 19.6 Å². The third kappa shape index (κ3) is 1.85. The van der Waals surface area contributed by atoms with Gasteiger partial charge < -0.3 is 0 Å². The lowest BCUT2D eigenvalue weighted by molar-refractivity contribution is 0.732. The van der Waals surface area contributed by atoms with Gasteiger partial charge in [0.05, 0.1) is 8.07 Å². The van der Waals surface area contributed by atoms with Crippen molar-refractivity contribution in [1.29, 1.82) is 0 Å². The fourth-order valence-corrected chi connectivity index (χ4v) is 4.72. The SMILES string of the molecule is C=CCCC1CC1(Br)[Si](C)(C)C. The van der Waals surface area contributed by atoms with Crippen molar-refractivity contribution in [2.75, 3.05) is 0 Å². The molecular formula is C10H19BrSi. The van der Waals surface area contributed by atoms with Crippen molar-refractivity contribution < 1.29 is 0 Å². The summed E-state index contributed by atoms with van der Waals surface area (Å²) in [6, 6.07) is 0. The second-order valence-electron chi connectivity index (χ2n) is 4.88. The zero-order valence-corrected chi connectivity index (χ0v) is 10.9. The van der Waals surface area contributed by atoms with Crippen molar-refractivity contribution in [2.24, 2.45) is 5.92 Å². The Kier molecular flexibility index (Phi) is 2.89. The number of hydrogen-bond donors (Lipinski definition) is 0. The van der Waals surface area contributed by atoms with E-state index in [1.165, 1.54) is 19.3 Å². The van der Waals surface area contributed by atoms with Crippen LogP contribution in [0.5, 0.6) is 0 Å². The predicted molar refractivity (Wildman–Crippen MR) is 62.5 cm³/mol. The standard InChI is InChI=1S/C10H19BrSi/c1-5-6-7-9-8-10(9,11)12(2,3)4/h5,9H,1,6-8H2,2-4H3. The maximum atomic E-state index is 3.93. The highest BCUT2D eigenvalue weighted by Crippen LogP contribution is 2.58. The Bertz CT molecular complexity index is 183. The summed E-state index contributed by atoms with van der Waals surface area (Å²) in [7, 11) is -0.978. The Morgan fingerprint density at radius 3 is 2.50 bits per heavy atom. The van der Waals surface area contributed by atoms with E-state index >= 15 is 0 Å². The Hall–Kier alpha value is 0.437. The largest absolute Gasteiger partial charge is 0.103 e. The van der Waals surface area contributed by atoms with Gasteiger partial charge in [0, 0.05) is 3.95 Å². The predicted octanol–water partition coefficient (Wildman–Crippen LogP) is 3.98. The molecule has 2 atom stereocenters. The van der Waals surface area contributed by atoms with Crippen molar-refractivity contribution >= 4 is 24.0 Å². The maximum Gasteiger partial charge on any atom is 0.0638 e. The third-order valence-electron chi connectivity index (χ3n) is 3.00. The number of alkyl halides is 1. The molecule has 0 aromatic heterocycles. The van der Waals surface area contributed by atoms with Crippen molar-refractivity contribution in [2.45, 2.75) is 42.9 Å². The molecule has 1 aliphatic carbocycles. The molecule has 1 fully saturated rings.